The van der Waals surface area contributed by atoms with Gasteiger partial charge in [-0.05, 0) is 61.5 Å². The Hall–Kier alpha value is -2.73. The lowest BCUT2D eigenvalue weighted by Crippen LogP contribution is -2.35. The molecule has 0 saturated heterocycles. The molecule has 0 aliphatic heterocycles. The Labute approximate surface area is 152 Å². The number of nitrogens with zero attached hydrogens (tertiary/aromatic N) is 1. The fraction of sp³-hybridized carbons (Fsp3) is 0.211. The van der Waals surface area contributed by atoms with Crippen LogP contribution in [0, 0.1) is 5.92 Å². The van der Waals surface area contributed by atoms with E-state index in [1.165, 1.54) is 0 Å². The number of hydrogen-bond acceptors (Lipinski definition) is 3. The van der Waals surface area contributed by atoms with E-state index in [2.05, 4.69) is 10.6 Å². The molecule has 1 saturated carbocycles. The second-order valence-electron chi connectivity index (χ2n) is 5.99. The Bertz CT molecular complexity index is 786. The van der Waals surface area contributed by atoms with Gasteiger partial charge < -0.3 is 15.5 Å². The highest BCUT2D eigenvalue weighted by Crippen LogP contribution is 2.28. The Morgan fingerprint density at radius 3 is 2.28 bits per heavy atom. The summed E-state index contributed by atoms with van der Waals surface area (Å²) in [5.74, 6) is -0.0237. The summed E-state index contributed by atoms with van der Waals surface area (Å²) in [6.45, 7) is 0. The maximum absolute atomic E-state index is 12.5. The smallest absolute Gasteiger partial charge is 0.258 e. The lowest BCUT2D eigenvalue weighted by Gasteiger charge is -2.17. The summed E-state index contributed by atoms with van der Waals surface area (Å²) in [6, 6.07) is 16.5. The second kappa shape index (κ2) is 7.44. The maximum atomic E-state index is 12.5. The molecule has 0 bridgehead atoms. The Morgan fingerprint density at radius 2 is 1.68 bits per heavy atom. The highest BCUT2D eigenvalue weighted by molar-refractivity contribution is 7.80. The van der Waals surface area contributed by atoms with Crippen LogP contribution in [-0.4, -0.2) is 24.0 Å². The number of carbonyl (C=O) groups is 2. The molecule has 1 aliphatic carbocycles. The zero-order chi connectivity index (χ0) is 17.8. The van der Waals surface area contributed by atoms with Crippen molar-refractivity contribution < 1.29 is 9.59 Å². The fourth-order valence-corrected chi connectivity index (χ4v) is 2.60. The van der Waals surface area contributed by atoms with E-state index < -0.39 is 0 Å². The predicted octanol–water partition coefficient (Wildman–Crippen LogP) is 3.19. The molecule has 0 aromatic heterocycles. The Balaban J connectivity index is 1.60. The fourth-order valence-electron chi connectivity index (χ4n) is 2.38. The van der Waals surface area contributed by atoms with Crippen molar-refractivity contribution in [3.8, 4) is 0 Å². The van der Waals surface area contributed by atoms with Gasteiger partial charge in [-0.2, -0.15) is 0 Å². The van der Waals surface area contributed by atoms with Crippen molar-refractivity contribution in [1.29, 1.82) is 0 Å². The van der Waals surface area contributed by atoms with Crippen LogP contribution in [0.5, 0.6) is 0 Å². The molecule has 2 aromatic carbocycles. The molecule has 2 N–H and O–H groups in total. The number of thiocarbonyl (C=S) groups is 1. The lowest BCUT2D eigenvalue weighted by atomic mass is 10.1. The van der Waals surface area contributed by atoms with Crippen molar-refractivity contribution >= 4 is 40.5 Å². The summed E-state index contributed by atoms with van der Waals surface area (Å²) >= 11 is 5.13. The van der Waals surface area contributed by atoms with Crippen molar-refractivity contribution in [3.05, 3.63) is 60.2 Å². The third-order valence-corrected chi connectivity index (χ3v) is 4.23. The van der Waals surface area contributed by atoms with Gasteiger partial charge >= 0.3 is 0 Å². The van der Waals surface area contributed by atoms with E-state index in [9.17, 15) is 9.59 Å². The molecule has 0 atom stereocenters. The lowest BCUT2D eigenvalue weighted by molar-refractivity contribution is -0.120. The number of para-hydroxylation sites is 1. The summed E-state index contributed by atoms with van der Waals surface area (Å²) in [7, 11) is 1.74. The minimum absolute atomic E-state index is 0.0335. The summed E-state index contributed by atoms with van der Waals surface area (Å²) in [5.41, 5.74) is 2.13. The van der Waals surface area contributed by atoms with Gasteiger partial charge in [-0.1, -0.05) is 18.2 Å². The molecule has 5 nitrogen and oxygen atoms in total. The summed E-state index contributed by atoms with van der Waals surface area (Å²) in [6.07, 6.45) is 1.86. The first-order valence-electron chi connectivity index (χ1n) is 8.09. The van der Waals surface area contributed by atoms with E-state index in [1.807, 2.05) is 30.3 Å². The van der Waals surface area contributed by atoms with E-state index in [4.69, 9.17) is 12.2 Å². The number of nitrogens with one attached hydrogen (secondary N) is 2. The molecule has 0 radical (unpaired) electrons. The van der Waals surface area contributed by atoms with Crippen molar-refractivity contribution in [2.24, 2.45) is 5.92 Å². The van der Waals surface area contributed by atoms with Crippen LogP contribution >= 0.6 is 12.2 Å². The molecular formula is C19H19N3O2S. The van der Waals surface area contributed by atoms with E-state index in [0.717, 1.165) is 24.2 Å². The van der Waals surface area contributed by atoms with Crippen molar-refractivity contribution in [2.75, 3.05) is 17.3 Å². The van der Waals surface area contributed by atoms with E-state index in [-0.39, 0.29) is 22.8 Å². The topological polar surface area (TPSA) is 61.4 Å². The Morgan fingerprint density at radius 1 is 1.04 bits per heavy atom. The third kappa shape index (κ3) is 4.42. The molecule has 0 unspecified atom stereocenters. The quantitative estimate of drug-likeness (QED) is 0.829. The molecule has 0 spiro atoms. The van der Waals surface area contributed by atoms with Gasteiger partial charge in [0.15, 0.2) is 5.11 Å². The zero-order valence-corrected chi connectivity index (χ0v) is 14.7. The maximum Gasteiger partial charge on any atom is 0.258 e. The van der Waals surface area contributed by atoms with Crippen LogP contribution in [0.25, 0.3) is 0 Å². The third-order valence-electron chi connectivity index (χ3n) is 4.02. The van der Waals surface area contributed by atoms with Crippen LogP contribution in [0.2, 0.25) is 0 Å². The number of anilines is 2. The average molecular weight is 353 g/mol. The standard InChI is InChI=1S/C19H19N3O2S/c1-22(16-5-3-2-4-6-16)18(24)14-9-11-15(12-10-14)20-19(25)21-17(23)13-7-8-13/h2-6,9-13H,7-8H2,1H3,(H2,20,21,23,25). The predicted molar refractivity (Wildman–Crippen MR) is 103 cm³/mol. The molecular weight excluding hydrogens is 334 g/mol. The molecule has 2 amide bonds. The molecule has 3 rings (SSSR count). The van der Waals surface area contributed by atoms with Crippen LogP contribution in [0.1, 0.15) is 23.2 Å². The minimum Gasteiger partial charge on any atom is -0.332 e. The number of hydrogen-bond donors (Lipinski definition) is 2. The van der Waals surface area contributed by atoms with Gasteiger partial charge in [0.1, 0.15) is 0 Å². The minimum atomic E-state index is -0.0950. The van der Waals surface area contributed by atoms with Gasteiger partial charge in [0.05, 0.1) is 0 Å². The van der Waals surface area contributed by atoms with Gasteiger partial charge in [0.25, 0.3) is 5.91 Å². The second-order valence-corrected chi connectivity index (χ2v) is 6.40. The van der Waals surface area contributed by atoms with E-state index in [1.54, 1.807) is 36.2 Å². The van der Waals surface area contributed by atoms with Gasteiger partial charge in [-0.25, -0.2) is 0 Å². The van der Waals surface area contributed by atoms with Crippen LogP contribution in [0.3, 0.4) is 0 Å². The molecule has 128 valence electrons. The Kier molecular flexibility index (Phi) is 5.09. The largest absolute Gasteiger partial charge is 0.332 e. The zero-order valence-electron chi connectivity index (χ0n) is 13.9. The number of amides is 2. The average Bonchev–Trinajstić information content (AvgIpc) is 3.47. The van der Waals surface area contributed by atoms with Crippen molar-refractivity contribution in [2.45, 2.75) is 12.8 Å². The molecule has 0 heterocycles. The summed E-state index contributed by atoms with van der Waals surface area (Å²) in [5, 5.41) is 5.91. The molecule has 1 fully saturated rings. The van der Waals surface area contributed by atoms with Gasteiger partial charge in [-0.15, -0.1) is 0 Å². The first-order chi connectivity index (χ1) is 12.0. The van der Waals surface area contributed by atoms with Crippen LogP contribution in [-0.2, 0) is 4.79 Å². The number of rotatable bonds is 4. The first-order valence-corrected chi connectivity index (χ1v) is 8.50. The summed E-state index contributed by atoms with van der Waals surface area (Å²) < 4.78 is 0. The van der Waals surface area contributed by atoms with Gasteiger partial charge in [-0.3, -0.25) is 9.59 Å². The van der Waals surface area contributed by atoms with Crippen molar-refractivity contribution in [3.63, 3.8) is 0 Å². The van der Waals surface area contributed by atoms with Gasteiger partial charge in [0.2, 0.25) is 5.91 Å². The molecule has 6 heteroatoms. The number of carbonyl (C=O) groups excluding carboxylic acids is 2. The van der Waals surface area contributed by atoms with Crippen LogP contribution in [0.4, 0.5) is 11.4 Å². The normalized spacial score (nSPS) is 13.0. The molecule has 1 aliphatic rings. The van der Waals surface area contributed by atoms with Crippen LogP contribution in [0.15, 0.2) is 54.6 Å². The monoisotopic (exact) mass is 353 g/mol. The van der Waals surface area contributed by atoms with E-state index >= 15 is 0 Å². The molecule has 2 aromatic rings. The summed E-state index contributed by atoms with van der Waals surface area (Å²) in [4.78, 5) is 25.8. The highest BCUT2D eigenvalue weighted by atomic mass is 32.1. The first kappa shape index (κ1) is 17.1. The molecule has 25 heavy (non-hydrogen) atoms. The van der Waals surface area contributed by atoms with Gasteiger partial charge in [0, 0.05) is 29.9 Å². The van der Waals surface area contributed by atoms with Crippen LogP contribution < -0.4 is 15.5 Å². The highest BCUT2D eigenvalue weighted by Gasteiger charge is 2.30. The van der Waals surface area contributed by atoms with E-state index in [0.29, 0.717) is 5.56 Å². The SMILES string of the molecule is CN(C(=O)c1ccc(NC(=S)NC(=O)C2CC2)cc1)c1ccccc1. The van der Waals surface area contributed by atoms with Crippen molar-refractivity contribution in [1.82, 2.24) is 5.32 Å². The number of benzene rings is 2.